The molecule has 0 bridgehead atoms. The number of halogens is 1. The van der Waals surface area contributed by atoms with Crippen LogP contribution in [0.25, 0.3) is 0 Å². The molecule has 1 amide bonds. The Bertz CT molecular complexity index is 471. The van der Waals surface area contributed by atoms with Gasteiger partial charge in [0, 0.05) is 10.5 Å². The average Bonchev–Trinajstić information content (AvgIpc) is 2.42. The molecule has 4 nitrogen and oxygen atoms in total. The molecule has 0 unspecified atom stereocenters. The fourth-order valence-corrected chi connectivity index (χ4v) is 2.73. The molecule has 0 aromatic heterocycles. The number of hydrogen-bond donors (Lipinski definition) is 2. The highest BCUT2D eigenvalue weighted by Crippen LogP contribution is 2.30. The Morgan fingerprint density at radius 2 is 2.05 bits per heavy atom. The molecule has 1 aromatic rings. The van der Waals surface area contributed by atoms with E-state index in [2.05, 4.69) is 21.2 Å². The molecule has 0 heterocycles. The summed E-state index contributed by atoms with van der Waals surface area (Å²) in [6.07, 6.45) is 4.70. The van der Waals surface area contributed by atoms with Crippen molar-refractivity contribution in [3.63, 3.8) is 0 Å². The molecular formula is C14H19BrN2O2. The van der Waals surface area contributed by atoms with Crippen LogP contribution in [0.15, 0.2) is 22.7 Å². The topological polar surface area (TPSA) is 64.3 Å². The van der Waals surface area contributed by atoms with Gasteiger partial charge in [-0.1, -0.05) is 19.3 Å². The fourth-order valence-electron chi connectivity index (χ4n) is 2.38. The lowest BCUT2D eigenvalue weighted by Gasteiger charge is -2.31. The number of carbonyl (C=O) groups excluding carboxylic acids is 1. The van der Waals surface area contributed by atoms with Crippen LogP contribution < -0.4 is 15.8 Å². The maximum atomic E-state index is 12.3. The summed E-state index contributed by atoms with van der Waals surface area (Å²) in [4.78, 5) is 12.3. The number of rotatable bonds is 3. The standard InChI is InChI=1S/C14H19BrN2O2/c1-19-10-5-6-11(15)12(9-10)17-13(18)14(16)7-3-2-4-8-14/h5-6,9H,2-4,7-8,16H2,1H3,(H,17,18). The summed E-state index contributed by atoms with van der Waals surface area (Å²) in [6, 6.07) is 5.46. The zero-order valence-electron chi connectivity index (χ0n) is 11.0. The molecule has 1 aliphatic carbocycles. The molecule has 0 aliphatic heterocycles. The minimum Gasteiger partial charge on any atom is -0.497 e. The lowest BCUT2D eigenvalue weighted by atomic mass is 9.82. The first kappa shape index (κ1) is 14.3. The number of ether oxygens (including phenoxy) is 1. The maximum absolute atomic E-state index is 12.3. The van der Waals surface area contributed by atoms with Crippen LogP contribution in [0.4, 0.5) is 5.69 Å². The van der Waals surface area contributed by atoms with Crippen LogP contribution in [0.5, 0.6) is 5.75 Å². The van der Waals surface area contributed by atoms with E-state index in [1.807, 2.05) is 12.1 Å². The summed E-state index contributed by atoms with van der Waals surface area (Å²) in [5.41, 5.74) is 6.17. The number of carbonyl (C=O) groups is 1. The predicted octanol–water partition coefficient (Wildman–Crippen LogP) is 3.06. The molecule has 1 aromatic carbocycles. The van der Waals surface area contributed by atoms with Gasteiger partial charge in [-0.05, 0) is 40.9 Å². The fraction of sp³-hybridized carbons (Fsp3) is 0.500. The quantitative estimate of drug-likeness (QED) is 0.897. The smallest absolute Gasteiger partial charge is 0.244 e. The Hall–Kier alpha value is -1.07. The van der Waals surface area contributed by atoms with Crippen LogP contribution in [-0.4, -0.2) is 18.6 Å². The lowest BCUT2D eigenvalue weighted by Crippen LogP contribution is -2.52. The Labute approximate surface area is 121 Å². The van der Waals surface area contributed by atoms with E-state index < -0.39 is 5.54 Å². The third-order valence-electron chi connectivity index (χ3n) is 3.62. The van der Waals surface area contributed by atoms with Crippen molar-refractivity contribution in [1.29, 1.82) is 0 Å². The lowest BCUT2D eigenvalue weighted by molar-refractivity contribution is -0.122. The highest BCUT2D eigenvalue weighted by molar-refractivity contribution is 9.10. The Balaban J connectivity index is 2.14. The molecule has 2 rings (SSSR count). The van der Waals surface area contributed by atoms with Gasteiger partial charge in [-0.15, -0.1) is 0 Å². The first-order valence-electron chi connectivity index (χ1n) is 6.49. The zero-order valence-corrected chi connectivity index (χ0v) is 12.6. The van der Waals surface area contributed by atoms with Gasteiger partial charge in [0.2, 0.25) is 5.91 Å². The summed E-state index contributed by atoms with van der Waals surface area (Å²) < 4.78 is 5.98. The Morgan fingerprint density at radius 1 is 1.37 bits per heavy atom. The highest BCUT2D eigenvalue weighted by atomic mass is 79.9. The number of methoxy groups -OCH3 is 1. The Kier molecular flexibility index (Phi) is 4.47. The first-order chi connectivity index (χ1) is 9.05. The van der Waals surface area contributed by atoms with E-state index in [4.69, 9.17) is 10.5 Å². The van der Waals surface area contributed by atoms with Gasteiger partial charge in [-0.2, -0.15) is 0 Å². The van der Waals surface area contributed by atoms with Gasteiger partial charge in [0.1, 0.15) is 5.75 Å². The SMILES string of the molecule is COc1ccc(Br)c(NC(=O)C2(N)CCCCC2)c1. The summed E-state index contributed by atoms with van der Waals surface area (Å²) >= 11 is 3.42. The number of amides is 1. The normalized spacial score (nSPS) is 17.8. The van der Waals surface area contributed by atoms with Crippen molar-refractivity contribution in [1.82, 2.24) is 0 Å². The monoisotopic (exact) mass is 326 g/mol. The number of nitrogens with one attached hydrogen (secondary N) is 1. The van der Waals surface area contributed by atoms with Gasteiger partial charge in [0.05, 0.1) is 18.3 Å². The van der Waals surface area contributed by atoms with E-state index >= 15 is 0 Å². The van der Waals surface area contributed by atoms with E-state index in [1.165, 1.54) is 0 Å². The predicted molar refractivity (Wildman–Crippen MR) is 79.3 cm³/mol. The van der Waals surface area contributed by atoms with Gasteiger partial charge in [0.25, 0.3) is 0 Å². The van der Waals surface area contributed by atoms with Crippen molar-refractivity contribution in [2.45, 2.75) is 37.6 Å². The second-order valence-electron chi connectivity index (χ2n) is 5.02. The second-order valence-corrected chi connectivity index (χ2v) is 5.87. The van der Waals surface area contributed by atoms with Crippen LogP contribution in [0.1, 0.15) is 32.1 Å². The zero-order chi connectivity index (χ0) is 13.9. The van der Waals surface area contributed by atoms with Gasteiger partial charge in [-0.25, -0.2) is 0 Å². The van der Waals surface area contributed by atoms with Crippen LogP contribution >= 0.6 is 15.9 Å². The molecule has 3 N–H and O–H groups in total. The van der Waals surface area contributed by atoms with Gasteiger partial charge in [0.15, 0.2) is 0 Å². The largest absolute Gasteiger partial charge is 0.497 e. The van der Waals surface area contributed by atoms with E-state index in [0.29, 0.717) is 11.4 Å². The summed E-state index contributed by atoms with van der Waals surface area (Å²) in [7, 11) is 1.60. The molecule has 1 fully saturated rings. The molecule has 19 heavy (non-hydrogen) atoms. The van der Waals surface area contributed by atoms with Gasteiger partial charge >= 0.3 is 0 Å². The van der Waals surface area contributed by atoms with Crippen LogP contribution in [0.2, 0.25) is 0 Å². The molecule has 0 spiro atoms. The van der Waals surface area contributed by atoms with E-state index in [-0.39, 0.29) is 5.91 Å². The molecule has 0 saturated heterocycles. The first-order valence-corrected chi connectivity index (χ1v) is 7.28. The van der Waals surface area contributed by atoms with Crippen LogP contribution in [0, 0.1) is 0 Å². The van der Waals surface area contributed by atoms with Crippen molar-refractivity contribution in [3.8, 4) is 5.75 Å². The average molecular weight is 327 g/mol. The van der Waals surface area contributed by atoms with Crippen molar-refractivity contribution < 1.29 is 9.53 Å². The van der Waals surface area contributed by atoms with Gasteiger partial charge < -0.3 is 15.8 Å². The molecule has 104 valence electrons. The second kappa shape index (κ2) is 5.92. The minimum atomic E-state index is -0.735. The molecule has 5 heteroatoms. The number of nitrogens with two attached hydrogens (primary N) is 1. The number of hydrogen-bond acceptors (Lipinski definition) is 3. The van der Waals surface area contributed by atoms with Crippen molar-refractivity contribution in [2.24, 2.45) is 5.73 Å². The third-order valence-corrected chi connectivity index (χ3v) is 4.31. The van der Waals surface area contributed by atoms with Crippen molar-refractivity contribution in [3.05, 3.63) is 22.7 Å². The van der Waals surface area contributed by atoms with E-state index in [0.717, 1.165) is 36.6 Å². The highest BCUT2D eigenvalue weighted by Gasteiger charge is 2.35. The molecule has 0 radical (unpaired) electrons. The summed E-state index contributed by atoms with van der Waals surface area (Å²) in [5.74, 6) is 0.592. The maximum Gasteiger partial charge on any atom is 0.244 e. The number of anilines is 1. The van der Waals surface area contributed by atoms with Crippen molar-refractivity contribution in [2.75, 3.05) is 12.4 Å². The molecule has 0 atom stereocenters. The van der Waals surface area contributed by atoms with Crippen LogP contribution in [-0.2, 0) is 4.79 Å². The third kappa shape index (κ3) is 3.28. The summed E-state index contributed by atoms with van der Waals surface area (Å²) in [5, 5.41) is 2.90. The van der Waals surface area contributed by atoms with Gasteiger partial charge in [-0.3, -0.25) is 4.79 Å². The molecule has 1 saturated carbocycles. The van der Waals surface area contributed by atoms with E-state index in [1.54, 1.807) is 13.2 Å². The van der Waals surface area contributed by atoms with Crippen LogP contribution in [0.3, 0.4) is 0 Å². The molecular weight excluding hydrogens is 308 g/mol. The number of benzene rings is 1. The summed E-state index contributed by atoms with van der Waals surface area (Å²) in [6.45, 7) is 0. The van der Waals surface area contributed by atoms with Crippen molar-refractivity contribution >= 4 is 27.5 Å². The van der Waals surface area contributed by atoms with E-state index in [9.17, 15) is 4.79 Å². The minimum absolute atomic E-state index is 0.110. The Morgan fingerprint density at radius 3 is 2.68 bits per heavy atom. The molecule has 1 aliphatic rings.